The molecular formula is C6H8N4O2. The van der Waals surface area contributed by atoms with Crippen molar-refractivity contribution < 1.29 is 10.0 Å². The Bertz CT molecular complexity index is 269. The van der Waals surface area contributed by atoms with E-state index in [1.807, 2.05) is 0 Å². The van der Waals surface area contributed by atoms with Crippen LogP contribution in [0.1, 0.15) is 0 Å². The summed E-state index contributed by atoms with van der Waals surface area (Å²) in [6.45, 7) is 0. The van der Waals surface area contributed by atoms with Crippen LogP contribution in [0.25, 0.3) is 0 Å². The highest BCUT2D eigenvalue weighted by Gasteiger charge is 2.10. The SMILES string of the molecule is CN=NC(=O)C1=CN(O)C=CN1. The summed E-state index contributed by atoms with van der Waals surface area (Å²) in [5.41, 5.74) is 0.172. The number of hydroxylamine groups is 2. The molecule has 0 spiro atoms. The zero-order valence-corrected chi connectivity index (χ0v) is 6.43. The van der Waals surface area contributed by atoms with Crippen LogP contribution in [0.5, 0.6) is 0 Å². The molecule has 0 aromatic carbocycles. The van der Waals surface area contributed by atoms with E-state index in [0.29, 0.717) is 0 Å². The molecule has 0 bridgehead atoms. The van der Waals surface area contributed by atoms with Gasteiger partial charge < -0.3 is 5.32 Å². The number of nitrogens with zero attached hydrogens (tertiary/aromatic N) is 3. The molecule has 0 aliphatic carbocycles. The van der Waals surface area contributed by atoms with Crippen LogP contribution in [0, 0.1) is 0 Å². The van der Waals surface area contributed by atoms with Crippen molar-refractivity contribution in [1.29, 1.82) is 0 Å². The van der Waals surface area contributed by atoms with Crippen molar-refractivity contribution in [2.24, 2.45) is 10.2 Å². The summed E-state index contributed by atoms with van der Waals surface area (Å²) in [6.07, 6.45) is 3.97. The zero-order valence-electron chi connectivity index (χ0n) is 6.43. The third-order valence-electron chi connectivity index (χ3n) is 1.15. The minimum atomic E-state index is -0.527. The molecule has 0 saturated heterocycles. The highest BCUT2D eigenvalue weighted by molar-refractivity contribution is 5.93. The van der Waals surface area contributed by atoms with Gasteiger partial charge in [0, 0.05) is 19.4 Å². The van der Waals surface area contributed by atoms with Crippen LogP contribution >= 0.6 is 0 Å². The van der Waals surface area contributed by atoms with E-state index in [1.54, 1.807) is 0 Å². The van der Waals surface area contributed by atoms with Gasteiger partial charge in [-0.05, 0) is 0 Å². The van der Waals surface area contributed by atoms with E-state index < -0.39 is 5.91 Å². The molecule has 1 aliphatic heterocycles. The molecular weight excluding hydrogens is 160 g/mol. The molecule has 6 heteroatoms. The van der Waals surface area contributed by atoms with Crippen LogP contribution < -0.4 is 5.32 Å². The van der Waals surface area contributed by atoms with Crippen LogP contribution in [0.3, 0.4) is 0 Å². The first-order valence-corrected chi connectivity index (χ1v) is 3.20. The monoisotopic (exact) mass is 168 g/mol. The second kappa shape index (κ2) is 3.63. The average molecular weight is 168 g/mol. The molecule has 0 saturated carbocycles. The minimum Gasteiger partial charge on any atom is -0.354 e. The van der Waals surface area contributed by atoms with Crippen LogP contribution in [-0.2, 0) is 4.79 Å². The quantitative estimate of drug-likeness (QED) is 0.548. The number of carbonyl (C=O) groups excluding carboxylic acids is 1. The molecule has 0 radical (unpaired) electrons. The summed E-state index contributed by atoms with van der Waals surface area (Å²) in [5.74, 6) is -0.527. The van der Waals surface area contributed by atoms with E-state index in [0.717, 1.165) is 5.06 Å². The maximum Gasteiger partial charge on any atom is 0.313 e. The van der Waals surface area contributed by atoms with E-state index in [9.17, 15) is 4.79 Å². The third kappa shape index (κ3) is 1.89. The van der Waals surface area contributed by atoms with Gasteiger partial charge in [-0.1, -0.05) is 0 Å². The Hall–Kier alpha value is -1.69. The Kier molecular flexibility index (Phi) is 2.54. The van der Waals surface area contributed by atoms with Gasteiger partial charge in [0.05, 0.1) is 6.20 Å². The summed E-state index contributed by atoms with van der Waals surface area (Å²) in [6, 6.07) is 0. The highest BCUT2D eigenvalue weighted by atomic mass is 16.5. The number of hydrogen-bond acceptors (Lipinski definition) is 5. The van der Waals surface area contributed by atoms with Gasteiger partial charge in [0.25, 0.3) is 0 Å². The minimum absolute atomic E-state index is 0.172. The summed E-state index contributed by atoms with van der Waals surface area (Å²) < 4.78 is 0. The Morgan fingerprint density at radius 3 is 3.08 bits per heavy atom. The fraction of sp³-hybridized carbons (Fsp3) is 0.167. The van der Waals surface area contributed by atoms with Gasteiger partial charge in [0.1, 0.15) is 5.70 Å². The van der Waals surface area contributed by atoms with Gasteiger partial charge >= 0.3 is 5.91 Å². The van der Waals surface area contributed by atoms with E-state index in [-0.39, 0.29) is 5.70 Å². The Morgan fingerprint density at radius 2 is 2.50 bits per heavy atom. The van der Waals surface area contributed by atoms with Gasteiger partial charge in [-0.3, -0.25) is 10.0 Å². The fourth-order valence-corrected chi connectivity index (χ4v) is 0.678. The number of amides is 1. The summed E-state index contributed by atoms with van der Waals surface area (Å²) in [7, 11) is 1.40. The average Bonchev–Trinajstić information content (AvgIpc) is 2.05. The van der Waals surface area contributed by atoms with Crippen molar-refractivity contribution in [2.45, 2.75) is 0 Å². The molecule has 12 heavy (non-hydrogen) atoms. The lowest BCUT2D eigenvalue weighted by Gasteiger charge is -2.13. The predicted molar refractivity (Wildman–Crippen MR) is 39.8 cm³/mol. The van der Waals surface area contributed by atoms with Crippen LogP contribution in [0.4, 0.5) is 0 Å². The van der Waals surface area contributed by atoms with Crippen molar-refractivity contribution in [1.82, 2.24) is 10.4 Å². The number of hydrogen-bond donors (Lipinski definition) is 2. The highest BCUT2D eigenvalue weighted by Crippen LogP contribution is 2.01. The number of rotatable bonds is 1. The van der Waals surface area contributed by atoms with E-state index in [1.165, 1.54) is 25.6 Å². The molecule has 1 aliphatic rings. The second-order valence-corrected chi connectivity index (χ2v) is 1.99. The lowest BCUT2D eigenvalue weighted by Crippen LogP contribution is -2.22. The molecule has 1 rings (SSSR count). The lowest BCUT2D eigenvalue weighted by atomic mass is 10.4. The summed E-state index contributed by atoms with van der Waals surface area (Å²) in [5, 5.41) is 18.8. The van der Waals surface area contributed by atoms with Gasteiger partial charge in [0.2, 0.25) is 0 Å². The van der Waals surface area contributed by atoms with Crippen molar-refractivity contribution in [2.75, 3.05) is 7.05 Å². The first-order valence-electron chi connectivity index (χ1n) is 3.20. The Balaban J connectivity index is 2.70. The van der Waals surface area contributed by atoms with Crippen LogP contribution in [0.2, 0.25) is 0 Å². The summed E-state index contributed by atoms with van der Waals surface area (Å²) >= 11 is 0. The molecule has 64 valence electrons. The standard InChI is InChI=1S/C6H8N4O2/c1-7-9-6(11)5-4-10(12)3-2-8-5/h2-4,8,12H,1H3. The van der Waals surface area contributed by atoms with E-state index >= 15 is 0 Å². The van der Waals surface area contributed by atoms with Gasteiger partial charge in [-0.25, -0.2) is 5.06 Å². The van der Waals surface area contributed by atoms with E-state index in [2.05, 4.69) is 15.5 Å². The molecule has 0 aromatic heterocycles. The molecule has 0 fully saturated rings. The maximum atomic E-state index is 11.0. The maximum absolute atomic E-state index is 11.0. The molecule has 0 aromatic rings. The van der Waals surface area contributed by atoms with Crippen molar-refractivity contribution in [3.05, 3.63) is 24.3 Å². The van der Waals surface area contributed by atoms with Gasteiger partial charge in [-0.15, -0.1) is 5.11 Å². The normalized spacial score (nSPS) is 16.2. The largest absolute Gasteiger partial charge is 0.354 e. The fourth-order valence-electron chi connectivity index (χ4n) is 0.678. The van der Waals surface area contributed by atoms with Gasteiger partial charge in [-0.2, -0.15) is 5.11 Å². The van der Waals surface area contributed by atoms with Crippen molar-refractivity contribution in [3.8, 4) is 0 Å². The number of carbonyl (C=O) groups is 1. The second-order valence-electron chi connectivity index (χ2n) is 1.99. The molecule has 1 amide bonds. The predicted octanol–water partition coefficient (Wildman–Crippen LogP) is 0.202. The molecule has 6 nitrogen and oxygen atoms in total. The van der Waals surface area contributed by atoms with Crippen LogP contribution in [0.15, 0.2) is 34.5 Å². The topological polar surface area (TPSA) is 77.3 Å². The smallest absolute Gasteiger partial charge is 0.313 e. The van der Waals surface area contributed by atoms with Crippen molar-refractivity contribution in [3.63, 3.8) is 0 Å². The first kappa shape index (κ1) is 8.41. The number of nitrogens with one attached hydrogen (secondary N) is 1. The molecule has 2 N–H and O–H groups in total. The Labute approximate surface area is 68.8 Å². The number of azo groups is 1. The van der Waals surface area contributed by atoms with Gasteiger partial charge in [0.15, 0.2) is 0 Å². The molecule has 0 unspecified atom stereocenters. The molecule has 0 atom stereocenters. The lowest BCUT2D eigenvalue weighted by molar-refractivity contribution is -0.115. The Morgan fingerprint density at radius 1 is 1.75 bits per heavy atom. The van der Waals surface area contributed by atoms with Crippen LogP contribution in [-0.4, -0.2) is 23.2 Å². The first-order chi connectivity index (χ1) is 5.74. The zero-order chi connectivity index (χ0) is 8.97. The third-order valence-corrected chi connectivity index (χ3v) is 1.15. The van der Waals surface area contributed by atoms with E-state index in [4.69, 9.17) is 5.21 Å². The van der Waals surface area contributed by atoms with Crippen molar-refractivity contribution >= 4 is 5.91 Å². The molecule has 1 heterocycles. The summed E-state index contributed by atoms with van der Waals surface area (Å²) in [4.78, 5) is 11.0.